The average Bonchev–Trinajstić information content (AvgIpc) is 2.34. The summed E-state index contributed by atoms with van der Waals surface area (Å²) in [6, 6.07) is 10.5. The third-order valence-electron chi connectivity index (χ3n) is 3.23. The number of rotatable bonds is 2. The van der Waals surface area contributed by atoms with Crippen molar-refractivity contribution in [1.82, 2.24) is 0 Å². The molecule has 1 aromatic carbocycles. The van der Waals surface area contributed by atoms with Gasteiger partial charge in [-0.2, -0.15) is 0 Å². The van der Waals surface area contributed by atoms with E-state index in [1.165, 1.54) is 5.56 Å². The predicted octanol–water partition coefficient (Wildman–Crippen LogP) is 3.44. The van der Waals surface area contributed by atoms with Gasteiger partial charge in [0.2, 0.25) is 0 Å². The van der Waals surface area contributed by atoms with Gasteiger partial charge in [0.25, 0.3) is 0 Å². The average molecular weight is 299 g/mol. The van der Waals surface area contributed by atoms with Crippen LogP contribution in [0.25, 0.3) is 0 Å². The maximum atomic E-state index is 6.16. The molecule has 0 unspecified atom stereocenters. The van der Waals surface area contributed by atoms with Crippen molar-refractivity contribution in [2.75, 3.05) is 6.61 Å². The Morgan fingerprint density at radius 3 is 2.41 bits per heavy atom. The molecule has 1 aliphatic heterocycles. The second kappa shape index (κ2) is 4.73. The van der Waals surface area contributed by atoms with Crippen molar-refractivity contribution in [2.45, 2.75) is 42.8 Å². The van der Waals surface area contributed by atoms with E-state index in [9.17, 15) is 0 Å². The van der Waals surface area contributed by atoms with Crippen LogP contribution in [-0.2, 0) is 9.47 Å². The second-order valence-electron chi connectivity index (χ2n) is 5.11. The van der Waals surface area contributed by atoms with Crippen molar-refractivity contribution >= 4 is 15.0 Å². The standard InChI is InChI=1S/C14H20O2Se/c1-13(2)15-10-14(3,17-4)12(16-13)11-8-6-5-7-9-11/h5-9,12H,10H2,1-4H3/t12-,14+/m1/s1. The van der Waals surface area contributed by atoms with E-state index in [2.05, 4.69) is 37.0 Å². The van der Waals surface area contributed by atoms with E-state index in [0.717, 1.165) is 6.61 Å². The number of ether oxygens (including phenoxy) is 2. The predicted molar refractivity (Wildman–Crippen MR) is 70.3 cm³/mol. The van der Waals surface area contributed by atoms with E-state index in [1.807, 2.05) is 19.9 Å². The summed E-state index contributed by atoms with van der Waals surface area (Å²) in [6.45, 7) is 7.02. The Hall–Kier alpha value is -0.341. The van der Waals surface area contributed by atoms with Gasteiger partial charge in [-0.3, -0.25) is 0 Å². The molecule has 0 spiro atoms. The first-order valence-electron chi connectivity index (χ1n) is 5.89. The molecule has 1 aliphatic rings. The number of hydrogen-bond donors (Lipinski definition) is 0. The molecule has 0 N–H and O–H groups in total. The number of hydrogen-bond acceptors (Lipinski definition) is 2. The molecule has 1 saturated heterocycles. The number of benzene rings is 1. The molecule has 0 radical (unpaired) electrons. The van der Waals surface area contributed by atoms with Crippen molar-refractivity contribution in [2.24, 2.45) is 0 Å². The quantitative estimate of drug-likeness (QED) is 0.779. The van der Waals surface area contributed by atoms with Crippen molar-refractivity contribution in [3.05, 3.63) is 35.9 Å². The normalized spacial score (nSPS) is 32.4. The van der Waals surface area contributed by atoms with E-state index in [0.29, 0.717) is 15.0 Å². The van der Waals surface area contributed by atoms with Crippen molar-refractivity contribution < 1.29 is 9.47 Å². The minimum atomic E-state index is -0.481. The molecule has 0 aromatic heterocycles. The van der Waals surface area contributed by atoms with Crippen LogP contribution in [0.3, 0.4) is 0 Å². The third kappa shape index (κ3) is 2.74. The molecule has 1 fully saturated rings. The molecule has 94 valence electrons. The summed E-state index contributed by atoms with van der Waals surface area (Å²) in [5, 5.41) is 0. The Bertz CT molecular complexity index is 377. The van der Waals surface area contributed by atoms with Crippen LogP contribution in [0.1, 0.15) is 32.4 Å². The van der Waals surface area contributed by atoms with Crippen LogP contribution in [0.15, 0.2) is 30.3 Å². The van der Waals surface area contributed by atoms with Crippen LogP contribution >= 0.6 is 0 Å². The van der Waals surface area contributed by atoms with E-state index < -0.39 is 5.79 Å². The SMILES string of the molecule is C[Se][C@@]1(C)COC(C)(C)O[C@@H]1c1ccccc1. The van der Waals surface area contributed by atoms with Crippen LogP contribution in [0.4, 0.5) is 0 Å². The summed E-state index contributed by atoms with van der Waals surface area (Å²) in [5.41, 5.74) is 1.26. The summed E-state index contributed by atoms with van der Waals surface area (Å²) in [5.74, 6) is 1.78. The fourth-order valence-electron chi connectivity index (χ4n) is 2.05. The van der Waals surface area contributed by atoms with Gasteiger partial charge in [0, 0.05) is 0 Å². The first-order chi connectivity index (χ1) is 7.97. The van der Waals surface area contributed by atoms with Gasteiger partial charge in [0.15, 0.2) is 0 Å². The molecule has 3 heteroatoms. The summed E-state index contributed by atoms with van der Waals surface area (Å²) in [6.07, 6.45) is 0.137. The summed E-state index contributed by atoms with van der Waals surface area (Å²) >= 11 is 0.476. The minimum absolute atomic E-state index is 0.115. The van der Waals surface area contributed by atoms with E-state index in [1.54, 1.807) is 0 Å². The monoisotopic (exact) mass is 300 g/mol. The summed E-state index contributed by atoms with van der Waals surface area (Å²) in [7, 11) is 0. The van der Waals surface area contributed by atoms with Gasteiger partial charge in [0.05, 0.1) is 0 Å². The molecule has 1 heterocycles. The topological polar surface area (TPSA) is 18.5 Å². The molecular weight excluding hydrogens is 279 g/mol. The summed E-state index contributed by atoms with van der Waals surface area (Å²) < 4.78 is 12.1. The van der Waals surface area contributed by atoms with Gasteiger partial charge in [0.1, 0.15) is 0 Å². The molecule has 0 aliphatic carbocycles. The van der Waals surface area contributed by atoms with Crippen LogP contribution in [-0.4, -0.2) is 27.4 Å². The zero-order valence-corrected chi connectivity index (χ0v) is 12.6. The van der Waals surface area contributed by atoms with E-state index >= 15 is 0 Å². The summed E-state index contributed by atoms with van der Waals surface area (Å²) in [4.78, 5) is 0. The molecular formula is C14H20O2Se. The molecule has 0 saturated carbocycles. The third-order valence-corrected chi connectivity index (χ3v) is 5.88. The molecule has 1 aromatic rings. The van der Waals surface area contributed by atoms with Crippen LogP contribution in [0.5, 0.6) is 0 Å². The van der Waals surface area contributed by atoms with Crippen molar-refractivity contribution in [1.29, 1.82) is 0 Å². The van der Waals surface area contributed by atoms with Gasteiger partial charge in [-0.1, -0.05) is 0 Å². The maximum absolute atomic E-state index is 6.16. The van der Waals surface area contributed by atoms with Crippen molar-refractivity contribution in [3.8, 4) is 0 Å². The first kappa shape index (κ1) is 13.1. The molecule has 0 bridgehead atoms. The molecule has 0 amide bonds. The van der Waals surface area contributed by atoms with E-state index in [4.69, 9.17) is 9.47 Å². The second-order valence-corrected chi connectivity index (χ2v) is 7.93. The zero-order chi connectivity index (χ0) is 12.5. The van der Waals surface area contributed by atoms with Crippen molar-refractivity contribution in [3.63, 3.8) is 0 Å². The Labute approximate surface area is 110 Å². The first-order valence-corrected chi connectivity index (χ1v) is 8.46. The van der Waals surface area contributed by atoms with Gasteiger partial charge in [-0.25, -0.2) is 0 Å². The van der Waals surface area contributed by atoms with Crippen LogP contribution in [0.2, 0.25) is 10.1 Å². The van der Waals surface area contributed by atoms with Gasteiger partial charge in [-0.05, 0) is 0 Å². The van der Waals surface area contributed by atoms with Gasteiger partial charge in [-0.15, -0.1) is 0 Å². The van der Waals surface area contributed by atoms with Gasteiger partial charge >= 0.3 is 110 Å². The fourth-order valence-corrected chi connectivity index (χ4v) is 3.26. The molecule has 2 atom stereocenters. The van der Waals surface area contributed by atoms with Crippen LogP contribution < -0.4 is 0 Å². The van der Waals surface area contributed by atoms with Crippen LogP contribution in [0, 0.1) is 0 Å². The Balaban J connectivity index is 2.32. The Morgan fingerprint density at radius 2 is 1.82 bits per heavy atom. The van der Waals surface area contributed by atoms with Gasteiger partial charge < -0.3 is 0 Å². The molecule has 2 nitrogen and oxygen atoms in total. The Kier molecular flexibility index (Phi) is 3.65. The Morgan fingerprint density at radius 1 is 1.18 bits per heavy atom. The fraction of sp³-hybridized carbons (Fsp3) is 0.571. The molecule has 17 heavy (non-hydrogen) atoms. The molecule has 2 rings (SSSR count). The zero-order valence-electron chi connectivity index (χ0n) is 10.9. The van der Waals surface area contributed by atoms with E-state index in [-0.39, 0.29) is 10.4 Å².